The van der Waals surface area contributed by atoms with E-state index in [0.29, 0.717) is 5.69 Å². The van der Waals surface area contributed by atoms with Gasteiger partial charge >= 0.3 is 5.76 Å². The van der Waals surface area contributed by atoms with Crippen molar-refractivity contribution in [1.82, 2.24) is 0 Å². The Labute approximate surface area is 135 Å². The molecule has 0 fully saturated rings. The van der Waals surface area contributed by atoms with Crippen LogP contribution in [0.3, 0.4) is 0 Å². The summed E-state index contributed by atoms with van der Waals surface area (Å²) in [6, 6.07) is 7.53. The number of rotatable bonds is 6. The highest BCUT2D eigenvalue weighted by Crippen LogP contribution is 2.23. The van der Waals surface area contributed by atoms with Gasteiger partial charge in [0.15, 0.2) is 0 Å². The Morgan fingerprint density at radius 2 is 1.54 bits per heavy atom. The lowest BCUT2D eigenvalue weighted by atomic mass is 10.1. The fraction of sp³-hybridized carbons (Fsp3) is 0.200. The van der Waals surface area contributed by atoms with Crippen LogP contribution in [0, 0.1) is 11.6 Å². The Hall–Kier alpha value is -2.13. The van der Waals surface area contributed by atoms with E-state index in [-0.39, 0.29) is 6.54 Å². The quantitative estimate of drug-likeness (QED) is 0.774. The number of nitrogens with one attached hydrogen (secondary N) is 1. The molecule has 9 heteroatoms. The largest absolute Gasteiger partial charge is 0.386 e. The SMILES string of the molecule is O=S(=O)(c1ccc(NCC(O)c2c(F)cccc2F)cc1)C(F)F. The van der Waals surface area contributed by atoms with Gasteiger partial charge in [-0.05, 0) is 36.4 Å². The van der Waals surface area contributed by atoms with Crippen LogP contribution < -0.4 is 5.32 Å². The zero-order chi connectivity index (χ0) is 17.9. The van der Waals surface area contributed by atoms with E-state index < -0.39 is 43.8 Å². The molecule has 0 saturated heterocycles. The first kappa shape index (κ1) is 18.2. The first-order valence-corrected chi connectivity index (χ1v) is 8.26. The smallest absolute Gasteiger partial charge is 0.341 e. The summed E-state index contributed by atoms with van der Waals surface area (Å²) in [5.41, 5.74) is -0.207. The van der Waals surface area contributed by atoms with Crippen molar-refractivity contribution in [2.24, 2.45) is 0 Å². The number of hydrogen-bond acceptors (Lipinski definition) is 4. The molecule has 2 aromatic rings. The highest BCUT2D eigenvalue weighted by atomic mass is 32.2. The van der Waals surface area contributed by atoms with Gasteiger partial charge in [0.25, 0.3) is 0 Å². The zero-order valence-corrected chi connectivity index (χ0v) is 12.9. The van der Waals surface area contributed by atoms with Gasteiger partial charge in [-0.2, -0.15) is 8.78 Å². The second-order valence-corrected chi connectivity index (χ2v) is 6.78. The van der Waals surface area contributed by atoms with Crippen molar-refractivity contribution >= 4 is 15.5 Å². The van der Waals surface area contributed by atoms with Crippen molar-refractivity contribution in [2.75, 3.05) is 11.9 Å². The zero-order valence-electron chi connectivity index (χ0n) is 12.1. The molecule has 0 spiro atoms. The maximum atomic E-state index is 13.5. The summed E-state index contributed by atoms with van der Waals surface area (Å²) >= 11 is 0. The molecule has 0 bridgehead atoms. The van der Waals surface area contributed by atoms with E-state index in [1.54, 1.807) is 0 Å². The number of aliphatic hydroxyl groups excluding tert-OH is 1. The fourth-order valence-electron chi connectivity index (χ4n) is 2.01. The van der Waals surface area contributed by atoms with Gasteiger partial charge in [0.1, 0.15) is 17.7 Å². The Morgan fingerprint density at radius 1 is 1.00 bits per heavy atom. The number of sulfone groups is 1. The van der Waals surface area contributed by atoms with Crippen molar-refractivity contribution < 1.29 is 31.1 Å². The predicted molar refractivity (Wildman–Crippen MR) is 79.4 cm³/mol. The van der Waals surface area contributed by atoms with Crippen LogP contribution in [0.1, 0.15) is 11.7 Å². The van der Waals surface area contributed by atoms with Gasteiger partial charge in [-0.1, -0.05) is 6.07 Å². The summed E-state index contributed by atoms with van der Waals surface area (Å²) < 4.78 is 74.4. The van der Waals surface area contributed by atoms with Gasteiger partial charge in [0.05, 0.1) is 10.5 Å². The third-order valence-electron chi connectivity index (χ3n) is 3.25. The van der Waals surface area contributed by atoms with Gasteiger partial charge in [-0.25, -0.2) is 17.2 Å². The van der Waals surface area contributed by atoms with Crippen LogP contribution in [0.25, 0.3) is 0 Å². The molecule has 2 rings (SSSR count). The van der Waals surface area contributed by atoms with Crippen molar-refractivity contribution in [3.05, 3.63) is 59.7 Å². The average Bonchev–Trinajstić information content (AvgIpc) is 2.53. The molecule has 1 unspecified atom stereocenters. The van der Waals surface area contributed by atoms with Crippen LogP contribution in [-0.2, 0) is 9.84 Å². The van der Waals surface area contributed by atoms with Gasteiger partial charge < -0.3 is 10.4 Å². The molecule has 2 aromatic carbocycles. The lowest BCUT2D eigenvalue weighted by Gasteiger charge is -2.15. The lowest BCUT2D eigenvalue weighted by Crippen LogP contribution is -2.15. The fourth-order valence-corrected chi connectivity index (χ4v) is 2.73. The third-order valence-corrected chi connectivity index (χ3v) is 4.65. The number of anilines is 1. The van der Waals surface area contributed by atoms with Crippen LogP contribution in [0.2, 0.25) is 0 Å². The van der Waals surface area contributed by atoms with Crippen LogP contribution in [0.4, 0.5) is 23.2 Å². The molecule has 0 aliphatic carbocycles. The van der Waals surface area contributed by atoms with E-state index in [1.807, 2.05) is 0 Å². The van der Waals surface area contributed by atoms with Crippen molar-refractivity contribution in [3.8, 4) is 0 Å². The standard InChI is InChI=1S/C15H13F4NO3S/c16-11-2-1-3-12(17)14(11)13(21)8-20-9-4-6-10(7-5-9)24(22,23)15(18)19/h1-7,13,15,20-21H,8H2. The summed E-state index contributed by atoms with van der Waals surface area (Å²) in [5, 5.41) is 12.5. The molecule has 1 atom stereocenters. The van der Waals surface area contributed by atoms with Crippen molar-refractivity contribution in [1.29, 1.82) is 0 Å². The Kier molecular flexibility index (Phi) is 5.45. The van der Waals surface area contributed by atoms with Gasteiger partial charge in [-0.15, -0.1) is 0 Å². The highest BCUT2D eigenvalue weighted by molar-refractivity contribution is 7.91. The summed E-state index contributed by atoms with van der Waals surface area (Å²) in [5.74, 6) is -5.33. The molecule has 4 nitrogen and oxygen atoms in total. The molecule has 0 heterocycles. The number of hydrogen-bond donors (Lipinski definition) is 2. The van der Waals surface area contributed by atoms with E-state index in [2.05, 4.69) is 5.32 Å². The second kappa shape index (κ2) is 7.18. The summed E-state index contributed by atoms with van der Waals surface area (Å²) in [6.07, 6.45) is -1.49. The molecule has 0 aliphatic rings. The molecule has 0 aromatic heterocycles. The van der Waals surface area contributed by atoms with Gasteiger partial charge in [-0.3, -0.25) is 0 Å². The highest BCUT2D eigenvalue weighted by Gasteiger charge is 2.26. The Morgan fingerprint density at radius 3 is 2.04 bits per heavy atom. The van der Waals surface area contributed by atoms with Crippen molar-refractivity contribution in [2.45, 2.75) is 16.8 Å². The second-order valence-electron chi connectivity index (χ2n) is 4.86. The van der Waals surface area contributed by atoms with Gasteiger partial charge in [0, 0.05) is 12.2 Å². The van der Waals surface area contributed by atoms with Crippen LogP contribution in [0.15, 0.2) is 47.4 Å². The molecule has 0 radical (unpaired) electrons. The normalized spacial score (nSPS) is 13.1. The average molecular weight is 363 g/mol. The maximum absolute atomic E-state index is 13.5. The third kappa shape index (κ3) is 3.85. The van der Waals surface area contributed by atoms with Crippen LogP contribution in [0.5, 0.6) is 0 Å². The van der Waals surface area contributed by atoms with E-state index in [1.165, 1.54) is 12.1 Å². The van der Waals surface area contributed by atoms with E-state index >= 15 is 0 Å². The van der Waals surface area contributed by atoms with E-state index in [9.17, 15) is 31.1 Å². The number of alkyl halides is 2. The maximum Gasteiger partial charge on any atom is 0.341 e. The molecular formula is C15H13F4NO3S. The Balaban J connectivity index is 2.08. The van der Waals surface area contributed by atoms with E-state index in [0.717, 1.165) is 30.3 Å². The molecule has 0 amide bonds. The topological polar surface area (TPSA) is 66.4 Å². The van der Waals surface area contributed by atoms with Crippen LogP contribution >= 0.6 is 0 Å². The minimum Gasteiger partial charge on any atom is -0.386 e. The summed E-state index contributed by atoms with van der Waals surface area (Å²) in [6.45, 7) is -0.265. The number of halogens is 4. The van der Waals surface area contributed by atoms with Gasteiger partial charge in [0.2, 0.25) is 9.84 Å². The van der Waals surface area contributed by atoms with Crippen LogP contribution in [-0.4, -0.2) is 25.8 Å². The molecule has 0 saturated carbocycles. The molecule has 2 N–H and O–H groups in total. The summed E-state index contributed by atoms with van der Waals surface area (Å²) in [4.78, 5) is -0.552. The molecule has 24 heavy (non-hydrogen) atoms. The first-order valence-electron chi connectivity index (χ1n) is 6.71. The minimum absolute atomic E-state index is 0.265. The number of benzene rings is 2. The first-order chi connectivity index (χ1) is 11.2. The molecule has 130 valence electrons. The predicted octanol–water partition coefficient (Wildman–Crippen LogP) is 3.11. The molecule has 0 aliphatic heterocycles. The Bertz CT molecular complexity index is 790. The number of aliphatic hydroxyl groups is 1. The minimum atomic E-state index is -4.69. The summed E-state index contributed by atoms with van der Waals surface area (Å²) in [7, 11) is -4.69. The molecular weight excluding hydrogens is 350 g/mol. The van der Waals surface area contributed by atoms with E-state index in [4.69, 9.17) is 0 Å². The van der Waals surface area contributed by atoms with Crippen molar-refractivity contribution in [3.63, 3.8) is 0 Å². The monoisotopic (exact) mass is 363 g/mol. The lowest BCUT2D eigenvalue weighted by molar-refractivity contribution is 0.181.